The van der Waals surface area contributed by atoms with E-state index in [0.717, 1.165) is 18.6 Å². The van der Waals surface area contributed by atoms with Gasteiger partial charge in [-0.3, -0.25) is 4.79 Å². The van der Waals surface area contributed by atoms with Crippen LogP contribution >= 0.6 is 0 Å². The minimum absolute atomic E-state index is 0.0275. The zero-order valence-corrected chi connectivity index (χ0v) is 11.6. The zero-order valence-electron chi connectivity index (χ0n) is 11.6. The quantitative estimate of drug-likeness (QED) is 0.839. The molecule has 1 aromatic carbocycles. The smallest absolute Gasteiger partial charge is 0.338 e. The Hall–Kier alpha value is -2.11. The second-order valence-electron chi connectivity index (χ2n) is 4.52. The molecule has 0 aliphatic carbocycles. The third-order valence-electron chi connectivity index (χ3n) is 2.85. The largest absolute Gasteiger partial charge is 0.481 e. The number of hydrogen-bond donors (Lipinski definition) is 2. The number of halogens is 1. The van der Waals surface area contributed by atoms with E-state index in [-0.39, 0.29) is 17.7 Å². The number of carbonyl (C=O) groups excluding carboxylic acids is 1. The fraction of sp³-hybridized carbons (Fsp3) is 0.429. The Morgan fingerprint density at radius 3 is 2.55 bits per heavy atom. The highest BCUT2D eigenvalue weighted by molar-refractivity contribution is 5.88. The van der Waals surface area contributed by atoms with Gasteiger partial charge in [0.2, 0.25) is 0 Å². The number of carboxylic acids is 1. The maximum Gasteiger partial charge on any atom is 0.338 e. The normalized spacial score (nSPS) is 13.4. The molecule has 1 rings (SSSR count). The Morgan fingerprint density at radius 1 is 1.40 bits per heavy atom. The topological polar surface area (TPSA) is 75.6 Å². The van der Waals surface area contributed by atoms with E-state index in [1.807, 2.05) is 13.8 Å². The summed E-state index contributed by atoms with van der Waals surface area (Å²) in [6.07, 6.45) is -0.000460. The van der Waals surface area contributed by atoms with E-state index in [4.69, 9.17) is 9.84 Å². The molecule has 0 radical (unpaired) electrons. The van der Waals surface area contributed by atoms with E-state index in [1.165, 1.54) is 6.07 Å². The van der Waals surface area contributed by atoms with Crippen LogP contribution in [0.25, 0.3) is 0 Å². The van der Waals surface area contributed by atoms with Crippen molar-refractivity contribution in [3.63, 3.8) is 0 Å². The number of nitrogens with one attached hydrogen (secondary N) is 1. The molecule has 1 amide bonds. The molecule has 0 saturated heterocycles. The van der Waals surface area contributed by atoms with Gasteiger partial charge in [-0.05, 0) is 32.4 Å². The predicted molar refractivity (Wildman–Crippen MR) is 71.3 cm³/mol. The summed E-state index contributed by atoms with van der Waals surface area (Å²) < 4.78 is 18.7. The number of ether oxygens (including phenoxy) is 1. The molecule has 0 saturated carbocycles. The van der Waals surface area contributed by atoms with Gasteiger partial charge < -0.3 is 15.2 Å². The number of carbonyl (C=O) groups is 2. The number of hydrogen-bond acceptors (Lipinski definition) is 3. The first-order chi connectivity index (χ1) is 9.35. The van der Waals surface area contributed by atoms with Crippen LogP contribution in [0.4, 0.5) is 4.39 Å². The van der Waals surface area contributed by atoms with Crippen LogP contribution in [0, 0.1) is 5.82 Å². The predicted octanol–water partition coefficient (Wildman–Crippen LogP) is 2.21. The lowest BCUT2D eigenvalue weighted by Gasteiger charge is -2.17. The van der Waals surface area contributed by atoms with Crippen LogP contribution in [0.3, 0.4) is 0 Å². The molecule has 0 spiro atoms. The zero-order chi connectivity index (χ0) is 15.3. The van der Waals surface area contributed by atoms with Crippen molar-refractivity contribution in [1.82, 2.24) is 5.32 Å². The van der Waals surface area contributed by atoms with Gasteiger partial charge in [-0.15, -0.1) is 0 Å². The number of rotatable bonds is 6. The van der Waals surface area contributed by atoms with Crippen LogP contribution in [0.5, 0.6) is 5.75 Å². The highest BCUT2D eigenvalue weighted by Gasteiger charge is 2.17. The summed E-state index contributed by atoms with van der Waals surface area (Å²) in [5.74, 6) is -2.44. The molecule has 2 unspecified atom stereocenters. The SMILES string of the molecule is CCC(C)NC(=O)C(C)Oc1ccc(C(=O)O)c(F)c1. The molecule has 2 N–H and O–H groups in total. The van der Waals surface area contributed by atoms with Gasteiger partial charge in [0.25, 0.3) is 5.91 Å². The Balaban J connectivity index is 2.71. The standard InChI is InChI=1S/C14H18FNO4/c1-4-8(2)16-13(17)9(3)20-10-5-6-11(14(18)19)12(15)7-10/h5-9H,4H2,1-3H3,(H,16,17)(H,18,19). The van der Waals surface area contributed by atoms with Gasteiger partial charge in [-0.25, -0.2) is 9.18 Å². The van der Waals surface area contributed by atoms with E-state index in [0.29, 0.717) is 0 Å². The van der Waals surface area contributed by atoms with Gasteiger partial charge >= 0.3 is 5.97 Å². The lowest BCUT2D eigenvalue weighted by Crippen LogP contribution is -2.41. The van der Waals surface area contributed by atoms with E-state index in [2.05, 4.69) is 5.32 Å². The van der Waals surface area contributed by atoms with Crippen LogP contribution in [-0.2, 0) is 4.79 Å². The third kappa shape index (κ3) is 4.22. The number of carboxylic acid groups (broad SMARTS) is 1. The summed E-state index contributed by atoms with van der Waals surface area (Å²) in [5, 5.41) is 11.4. The van der Waals surface area contributed by atoms with Crippen LogP contribution < -0.4 is 10.1 Å². The number of amides is 1. The van der Waals surface area contributed by atoms with Crippen molar-refractivity contribution in [2.45, 2.75) is 39.3 Å². The van der Waals surface area contributed by atoms with E-state index in [9.17, 15) is 14.0 Å². The van der Waals surface area contributed by atoms with Crippen molar-refractivity contribution in [3.8, 4) is 5.75 Å². The number of aromatic carboxylic acids is 1. The first kappa shape index (κ1) is 15.9. The summed E-state index contributed by atoms with van der Waals surface area (Å²) in [4.78, 5) is 22.4. The van der Waals surface area contributed by atoms with Crippen molar-refractivity contribution in [1.29, 1.82) is 0 Å². The molecule has 6 heteroatoms. The third-order valence-corrected chi connectivity index (χ3v) is 2.85. The molecular weight excluding hydrogens is 265 g/mol. The van der Waals surface area contributed by atoms with Gasteiger partial charge in [-0.1, -0.05) is 6.92 Å². The van der Waals surface area contributed by atoms with Gasteiger partial charge in [0, 0.05) is 12.1 Å². The monoisotopic (exact) mass is 283 g/mol. The van der Waals surface area contributed by atoms with E-state index >= 15 is 0 Å². The van der Waals surface area contributed by atoms with Crippen molar-refractivity contribution in [2.24, 2.45) is 0 Å². The Morgan fingerprint density at radius 2 is 2.05 bits per heavy atom. The van der Waals surface area contributed by atoms with Crippen LogP contribution in [0.1, 0.15) is 37.6 Å². The van der Waals surface area contributed by atoms with Gasteiger partial charge in [0.15, 0.2) is 6.10 Å². The Kier molecular flexibility index (Phi) is 5.49. The Bertz CT molecular complexity index is 504. The molecule has 0 bridgehead atoms. The maximum absolute atomic E-state index is 13.5. The van der Waals surface area contributed by atoms with Crippen molar-refractivity contribution in [2.75, 3.05) is 0 Å². The fourth-order valence-corrected chi connectivity index (χ4v) is 1.46. The fourth-order valence-electron chi connectivity index (χ4n) is 1.46. The average molecular weight is 283 g/mol. The highest BCUT2D eigenvalue weighted by Crippen LogP contribution is 2.18. The van der Waals surface area contributed by atoms with Gasteiger partial charge in [-0.2, -0.15) is 0 Å². The lowest BCUT2D eigenvalue weighted by molar-refractivity contribution is -0.127. The number of benzene rings is 1. The lowest BCUT2D eigenvalue weighted by atomic mass is 10.2. The summed E-state index contributed by atoms with van der Waals surface area (Å²) in [7, 11) is 0. The summed E-state index contributed by atoms with van der Waals surface area (Å²) in [6, 6.07) is 3.40. The van der Waals surface area contributed by atoms with Crippen LogP contribution in [0.15, 0.2) is 18.2 Å². The summed E-state index contributed by atoms with van der Waals surface area (Å²) >= 11 is 0. The second-order valence-corrected chi connectivity index (χ2v) is 4.52. The van der Waals surface area contributed by atoms with Crippen LogP contribution in [0.2, 0.25) is 0 Å². The molecule has 2 atom stereocenters. The second kappa shape index (κ2) is 6.88. The highest BCUT2D eigenvalue weighted by atomic mass is 19.1. The first-order valence-corrected chi connectivity index (χ1v) is 6.35. The van der Waals surface area contributed by atoms with E-state index in [1.54, 1.807) is 6.92 Å². The van der Waals surface area contributed by atoms with E-state index < -0.39 is 23.5 Å². The minimum atomic E-state index is -1.35. The van der Waals surface area contributed by atoms with Crippen molar-refractivity contribution < 1.29 is 23.8 Å². The van der Waals surface area contributed by atoms with Gasteiger partial charge in [0.1, 0.15) is 11.6 Å². The average Bonchev–Trinajstić information content (AvgIpc) is 2.37. The molecule has 0 heterocycles. The minimum Gasteiger partial charge on any atom is -0.481 e. The molecule has 0 aliphatic heterocycles. The first-order valence-electron chi connectivity index (χ1n) is 6.35. The molecule has 0 fully saturated rings. The molecule has 0 aliphatic rings. The molecule has 110 valence electrons. The van der Waals surface area contributed by atoms with Gasteiger partial charge in [0.05, 0.1) is 5.56 Å². The summed E-state index contributed by atoms with van der Waals surface area (Å²) in [5.41, 5.74) is -0.436. The molecule has 5 nitrogen and oxygen atoms in total. The molecule has 1 aromatic rings. The molecule has 0 aromatic heterocycles. The molecule has 20 heavy (non-hydrogen) atoms. The Labute approximate surface area is 116 Å². The molecular formula is C14H18FNO4. The van der Waals surface area contributed by atoms with Crippen LogP contribution in [-0.4, -0.2) is 29.1 Å². The maximum atomic E-state index is 13.5. The van der Waals surface area contributed by atoms with Crippen molar-refractivity contribution >= 4 is 11.9 Å². The van der Waals surface area contributed by atoms with Crippen molar-refractivity contribution in [3.05, 3.63) is 29.6 Å². The summed E-state index contributed by atoms with van der Waals surface area (Å²) in [6.45, 7) is 5.35.